The highest BCUT2D eigenvalue weighted by Gasteiger charge is 2.33. The van der Waals surface area contributed by atoms with Gasteiger partial charge in [-0.15, -0.1) is 0 Å². The molecule has 1 aromatic heterocycles. The number of benzene rings is 2. The molecule has 0 fully saturated rings. The maximum absolute atomic E-state index is 12.9. The molecule has 0 aliphatic rings. The number of nitrogens with two attached hydrogens (primary N) is 1. The standard InChI is InChI=1S/C18H20N4O2/c1-18(21-19,20-12-8-4-3-5-9-12)15-16(23)13-10-6-7-11-14(13)22(2)17(15)24/h3-11,20-21,23H,19H2,1-2H3. The normalized spacial score (nSPS) is 13.6. The lowest BCUT2D eigenvalue weighted by atomic mass is 9.99. The Labute approximate surface area is 139 Å². The third-order valence-corrected chi connectivity index (χ3v) is 4.23. The van der Waals surface area contributed by atoms with E-state index >= 15 is 0 Å². The SMILES string of the molecule is Cn1c(=O)c(C(C)(NN)Nc2ccccc2)c(O)c2ccccc21. The maximum atomic E-state index is 12.9. The first-order chi connectivity index (χ1) is 11.5. The molecular weight excluding hydrogens is 304 g/mol. The first-order valence-electron chi connectivity index (χ1n) is 7.60. The van der Waals surface area contributed by atoms with Gasteiger partial charge in [0.2, 0.25) is 0 Å². The van der Waals surface area contributed by atoms with Crippen LogP contribution >= 0.6 is 0 Å². The van der Waals surface area contributed by atoms with E-state index in [4.69, 9.17) is 5.84 Å². The van der Waals surface area contributed by atoms with Gasteiger partial charge in [-0.3, -0.25) is 10.6 Å². The Balaban J connectivity index is 2.25. The smallest absolute Gasteiger partial charge is 0.261 e. The van der Waals surface area contributed by atoms with Gasteiger partial charge >= 0.3 is 0 Å². The fraction of sp³-hybridized carbons (Fsp3) is 0.167. The van der Waals surface area contributed by atoms with E-state index in [1.165, 1.54) is 4.57 Å². The van der Waals surface area contributed by atoms with Crippen molar-refractivity contribution in [3.63, 3.8) is 0 Å². The van der Waals surface area contributed by atoms with Crippen LogP contribution in [0.25, 0.3) is 10.9 Å². The summed E-state index contributed by atoms with van der Waals surface area (Å²) in [4.78, 5) is 12.9. The van der Waals surface area contributed by atoms with E-state index < -0.39 is 5.66 Å². The zero-order valence-corrected chi connectivity index (χ0v) is 13.6. The molecule has 6 nitrogen and oxygen atoms in total. The number of pyridine rings is 1. The van der Waals surface area contributed by atoms with Gasteiger partial charge < -0.3 is 15.0 Å². The van der Waals surface area contributed by atoms with Gasteiger partial charge in [-0.05, 0) is 31.2 Å². The van der Waals surface area contributed by atoms with Crippen molar-refractivity contribution in [3.8, 4) is 5.75 Å². The van der Waals surface area contributed by atoms with E-state index in [-0.39, 0.29) is 16.9 Å². The number of hydrogen-bond acceptors (Lipinski definition) is 5. The van der Waals surface area contributed by atoms with Crippen LogP contribution in [-0.2, 0) is 12.7 Å². The van der Waals surface area contributed by atoms with Crippen molar-refractivity contribution < 1.29 is 5.11 Å². The third-order valence-electron chi connectivity index (χ3n) is 4.23. The molecule has 2 aromatic carbocycles. The molecule has 0 aliphatic carbocycles. The number of rotatable bonds is 4. The molecule has 0 saturated carbocycles. The predicted molar refractivity (Wildman–Crippen MR) is 95.6 cm³/mol. The summed E-state index contributed by atoms with van der Waals surface area (Å²) < 4.78 is 1.51. The van der Waals surface area contributed by atoms with Crippen molar-refractivity contribution in [2.45, 2.75) is 12.6 Å². The van der Waals surface area contributed by atoms with E-state index in [1.807, 2.05) is 42.5 Å². The number of nitrogens with one attached hydrogen (secondary N) is 2. The van der Waals surface area contributed by atoms with Crippen LogP contribution in [0.3, 0.4) is 0 Å². The first-order valence-corrected chi connectivity index (χ1v) is 7.60. The lowest BCUT2D eigenvalue weighted by molar-refractivity contribution is 0.389. The Kier molecular flexibility index (Phi) is 4.01. The van der Waals surface area contributed by atoms with Gasteiger partial charge in [-0.25, -0.2) is 5.43 Å². The number of nitrogens with zero attached hydrogens (tertiary/aromatic N) is 1. The highest BCUT2D eigenvalue weighted by molar-refractivity contribution is 5.86. The third kappa shape index (κ3) is 2.51. The molecule has 0 aliphatic heterocycles. The van der Waals surface area contributed by atoms with Crippen LogP contribution in [0.4, 0.5) is 5.69 Å². The second kappa shape index (κ2) is 5.99. The molecule has 0 saturated heterocycles. The van der Waals surface area contributed by atoms with Crippen molar-refractivity contribution in [3.05, 3.63) is 70.5 Å². The largest absolute Gasteiger partial charge is 0.507 e. The van der Waals surface area contributed by atoms with Crippen LogP contribution < -0.4 is 22.1 Å². The van der Waals surface area contributed by atoms with Gasteiger partial charge in [0.25, 0.3) is 5.56 Å². The van der Waals surface area contributed by atoms with Crippen molar-refractivity contribution in [2.75, 3.05) is 5.32 Å². The zero-order valence-electron chi connectivity index (χ0n) is 13.6. The number of fused-ring (bicyclic) bond motifs is 1. The maximum Gasteiger partial charge on any atom is 0.261 e. The number of para-hydroxylation sites is 2. The van der Waals surface area contributed by atoms with Gasteiger partial charge in [0.1, 0.15) is 17.0 Å². The van der Waals surface area contributed by atoms with Crippen LogP contribution in [0, 0.1) is 0 Å². The number of hydrogen-bond donors (Lipinski definition) is 4. The van der Waals surface area contributed by atoms with Crippen LogP contribution in [0.2, 0.25) is 0 Å². The molecule has 5 N–H and O–H groups in total. The molecule has 3 rings (SSSR count). The summed E-state index contributed by atoms with van der Waals surface area (Å²) in [6.07, 6.45) is 0. The Hall–Kier alpha value is -2.83. The molecule has 0 spiro atoms. The monoisotopic (exact) mass is 324 g/mol. The van der Waals surface area contributed by atoms with Crippen LogP contribution in [-0.4, -0.2) is 9.67 Å². The minimum Gasteiger partial charge on any atom is -0.507 e. The molecule has 1 heterocycles. The van der Waals surface area contributed by atoms with E-state index in [0.717, 1.165) is 5.69 Å². The minimum absolute atomic E-state index is 0.0856. The number of hydrazine groups is 1. The van der Waals surface area contributed by atoms with E-state index in [2.05, 4.69) is 10.7 Å². The van der Waals surface area contributed by atoms with Crippen molar-refractivity contribution in [1.82, 2.24) is 9.99 Å². The van der Waals surface area contributed by atoms with Crippen molar-refractivity contribution >= 4 is 16.6 Å². The Morgan fingerprint density at radius 1 is 1.08 bits per heavy atom. The molecule has 6 heteroatoms. The van der Waals surface area contributed by atoms with Crippen LogP contribution in [0.15, 0.2) is 59.4 Å². The number of aromatic hydroxyl groups is 1. The Morgan fingerprint density at radius 3 is 2.38 bits per heavy atom. The second-order valence-electron chi connectivity index (χ2n) is 5.87. The summed E-state index contributed by atoms with van der Waals surface area (Å²) in [6, 6.07) is 16.6. The molecule has 24 heavy (non-hydrogen) atoms. The lowest BCUT2D eigenvalue weighted by Crippen LogP contribution is -2.53. The molecule has 0 radical (unpaired) electrons. The van der Waals surface area contributed by atoms with Gasteiger partial charge in [-0.2, -0.15) is 0 Å². The summed E-state index contributed by atoms with van der Waals surface area (Å²) in [5, 5.41) is 14.5. The highest BCUT2D eigenvalue weighted by atomic mass is 16.3. The van der Waals surface area contributed by atoms with Crippen LogP contribution in [0.5, 0.6) is 5.75 Å². The first kappa shape index (κ1) is 16.0. The summed E-state index contributed by atoms with van der Waals surface area (Å²) in [5.41, 5.74) is 2.75. The fourth-order valence-corrected chi connectivity index (χ4v) is 2.91. The molecule has 1 atom stereocenters. The molecule has 0 bridgehead atoms. The van der Waals surface area contributed by atoms with Crippen molar-refractivity contribution in [2.24, 2.45) is 12.9 Å². The Morgan fingerprint density at radius 2 is 1.71 bits per heavy atom. The molecular formula is C18H20N4O2. The summed E-state index contributed by atoms with van der Waals surface area (Å²) in [6.45, 7) is 1.71. The van der Waals surface area contributed by atoms with E-state index in [1.54, 1.807) is 26.1 Å². The minimum atomic E-state index is -1.15. The number of anilines is 1. The number of aryl methyl sites for hydroxylation is 1. The second-order valence-corrected chi connectivity index (χ2v) is 5.87. The topological polar surface area (TPSA) is 92.3 Å². The molecule has 1 unspecified atom stereocenters. The molecule has 0 amide bonds. The average Bonchev–Trinajstić information content (AvgIpc) is 2.61. The summed E-state index contributed by atoms with van der Waals surface area (Å²) in [5.74, 6) is 5.66. The molecule has 124 valence electrons. The predicted octanol–water partition coefficient (Wildman–Crippen LogP) is 1.99. The van der Waals surface area contributed by atoms with Gasteiger partial charge in [-0.1, -0.05) is 30.3 Å². The summed E-state index contributed by atoms with van der Waals surface area (Å²) >= 11 is 0. The quantitative estimate of drug-likeness (QED) is 0.335. The van der Waals surface area contributed by atoms with E-state index in [0.29, 0.717) is 10.9 Å². The fourth-order valence-electron chi connectivity index (χ4n) is 2.91. The zero-order chi connectivity index (χ0) is 17.3. The van der Waals surface area contributed by atoms with Gasteiger partial charge in [0, 0.05) is 18.1 Å². The van der Waals surface area contributed by atoms with Gasteiger partial charge in [0.05, 0.1) is 5.52 Å². The molecule has 3 aromatic rings. The Bertz CT molecular complexity index is 937. The summed E-state index contributed by atoms with van der Waals surface area (Å²) in [7, 11) is 1.67. The lowest BCUT2D eigenvalue weighted by Gasteiger charge is -2.32. The number of aromatic nitrogens is 1. The average molecular weight is 324 g/mol. The van der Waals surface area contributed by atoms with Gasteiger partial charge in [0.15, 0.2) is 0 Å². The van der Waals surface area contributed by atoms with Crippen LogP contribution in [0.1, 0.15) is 12.5 Å². The van der Waals surface area contributed by atoms with Crippen molar-refractivity contribution in [1.29, 1.82) is 0 Å². The highest BCUT2D eigenvalue weighted by Crippen LogP contribution is 2.32. The van der Waals surface area contributed by atoms with E-state index in [9.17, 15) is 9.90 Å².